The fourth-order valence-corrected chi connectivity index (χ4v) is 3.21. The highest BCUT2D eigenvalue weighted by atomic mass is 35.5. The predicted octanol–water partition coefficient (Wildman–Crippen LogP) is 4.25. The number of hydrogen-bond donors (Lipinski definition) is 0. The number of halogens is 2. The Morgan fingerprint density at radius 3 is 2.54 bits per heavy atom. The summed E-state index contributed by atoms with van der Waals surface area (Å²) >= 11 is 12.0. The monoisotopic (exact) mass is 384 g/mol. The van der Waals surface area contributed by atoms with Crippen LogP contribution in [0.4, 0.5) is 0 Å². The minimum atomic E-state index is -0.210. The first-order chi connectivity index (χ1) is 12.5. The molecule has 2 heterocycles. The van der Waals surface area contributed by atoms with Gasteiger partial charge in [0.05, 0.1) is 24.1 Å². The lowest BCUT2D eigenvalue weighted by molar-refractivity contribution is 0.635. The molecule has 0 aliphatic carbocycles. The molecule has 4 rings (SSSR count). The highest BCUT2D eigenvalue weighted by Crippen LogP contribution is 2.20. The van der Waals surface area contributed by atoms with Crippen molar-refractivity contribution in [1.29, 1.82) is 0 Å². The second kappa shape index (κ2) is 6.59. The van der Waals surface area contributed by atoms with Crippen molar-refractivity contribution >= 4 is 34.1 Å². The van der Waals surface area contributed by atoms with E-state index in [1.54, 1.807) is 35.1 Å². The molecule has 26 heavy (non-hydrogen) atoms. The van der Waals surface area contributed by atoms with Gasteiger partial charge in [0.25, 0.3) is 5.56 Å². The van der Waals surface area contributed by atoms with Crippen LogP contribution in [0.15, 0.2) is 59.5 Å². The molecule has 2 aromatic carbocycles. The summed E-state index contributed by atoms with van der Waals surface area (Å²) < 4.78 is 3.06. The van der Waals surface area contributed by atoms with Crippen LogP contribution in [0.1, 0.15) is 11.3 Å². The number of aryl methyl sites for hydroxylation is 1. The predicted molar refractivity (Wildman–Crippen MR) is 103 cm³/mol. The van der Waals surface area contributed by atoms with E-state index in [9.17, 15) is 4.79 Å². The van der Waals surface area contributed by atoms with E-state index in [-0.39, 0.29) is 5.56 Å². The Morgan fingerprint density at radius 1 is 1.04 bits per heavy atom. The van der Waals surface area contributed by atoms with Crippen molar-refractivity contribution in [2.75, 3.05) is 0 Å². The normalized spacial score (nSPS) is 11.2. The van der Waals surface area contributed by atoms with Gasteiger partial charge in [-0.2, -0.15) is 10.2 Å². The number of aromatic nitrogens is 4. The molecule has 0 aliphatic heterocycles. The first-order valence-electron chi connectivity index (χ1n) is 7.99. The Labute approximate surface area is 159 Å². The van der Waals surface area contributed by atoms with E-state index in [4.69, 9.17) is 23.2 Å². The van der Waals surface area contributed by atoms with E-state index < -0.39 is 0 Å². The zero-order valence-electron chi connectivity index (χ0n) is 13.9. The molecule has 130 valence electrons. The molecule has 5 nitrogen and oxygen atoms in total. The fraction of sp³-hybridized carbons (Fsp3) is 0.105. The molecular formula is C19H14Cl2N4O. The SMILES string of the molecule is Cc1nn(Cc2ccc(Cl)cc2)c(=O)c2c1cnn2-c1cccc(Cl)c1. The van der Waals surface area contributed by atoms with Gasteiger partial charge < -0.3 is 0 Å². The molecule has 0 bridgehead atoms. The second-order valence-electron chi connectivity index (χ2n) is 5.97. The number of hydrogen-bond acceptors (Lipinski definition) is 3. The maximum absolute atomic E-state index is 13.1. The Kier molecular flexibility index (Phi) is 4.26. The summed E-state index contributed by atoms with van der Waals surface area (Å²) in [5.41, 5.74) is 2.68. The maximum atomic E-state index is 13.1. The molecule has 0 radical (unpaired) electrons. The fourth-order valence-electron chi connectivity index (χ4n) is 2.90. The summed E-state index contributed by atoms with van der Waals surface area (Å²) in [5.74, 6) is 0. The molecule has 0 aliphatic rings. The van der Waals surface area contributed by atoms with Gasteiger partial charge in [0.15, 0.2) is 0 Å². The van der Waals surface area contributed by atoms with E-state index in [1.807, 2.05) is 31.2 Å². The molecule has 0 saturated heterocycles. The van der Waals surface area contributed by atoms with E-state index in [0.717, 1.165) is 22.3 Å². The van der Waals surface area contributed by atoms with Crippen LogP contribution in [0.5, 0.6) is 0 Å². The molecule has 0 amide bonds. The number of benzene rings is 2. The molecule has 0 N–H and O–H groups in total. The van der Waals surface area contributed by atoms with Crippen molar-refractivity contribution in [2.24, 2.45) is 0 Å². The van der Waals surface area contributed by atoms with Crippen molar-refractivity contribution in [1.82, 2.24) is 19.6 Å². The lowest BCUT2D eigenvalue weighted by atomic mass is 10.2. The summed E-state index contributed by atoms with van der Waals surface area (Å²) in [5, 5.41) is 10.8. The number of fused-ring (bicyclic) bond motifs is 1. The van der Waals surface area contributed by atoms with Gasteiger partial charge in [-0.1, -0.05) is 41.4 Å². The van der Waals surface area contributed by atoms with Crippen LogP contribution in [0.2, 0.25) is 10.0 Å². The van der Waals surface area contributed by atoms with Crippen LogP contribution in [-0.4, -0.2) is 19.6 Å². The zero-order chi connectivity index (χ0) is 18.3. The molecule has 0 saturated carbocycles. The van der Waals surface area contributed by atoms with Gasteiger partial charge in [0.1, 0.15) is 5.52 Å². The van der Waals surface area contributed by atoms with Crippen LogP contribution >= 0.6 is 23.2 Å². The third-order valence-electron chi connectivity index (χ3n) is 4.17. The van der Waals surface area contributed by atoms with Gasteiger partial charge in [0, 0.05) is 15.4 Å². The third-order valence-corrected chi connectivity index (χ3v) is 4.65. The molecule has 7 heteroatoms. The van der Waals surface area contributed by atoms with E-state index in [0.29, 0.717) is 22.1 Å². The van der Waals surface area contributed by atoms with E-state index in [1.165, 1.54) is 4.68 Å². The minimum Gasteiger partial charge on any atom is -0.265 e. The smallest absolute Gasteiger partial charge is 0.265 e. The van der Waals surface area contributed by atoms with Crippen molar-refractivity contribution in [3.63, 3.8) is 0 Å². The third kappa shape index (κ3) is 3.00. The Morgan fingerprint density at radius 2 is 1.81 bits per heavy atom. The summed E-state index contributed by atoms with van der Waals surface area (Å²) in [6.07, 6.45) is 1.66. The molecule has 0 unspecified atom stereocenters. The van der Waals surface area contributed by atoms with Crippen molar-refractivity contribution < 1.29 is 0 Å². The highest BCUT2D eigenvalue weighted by molar-refractivity contribution is 6.30. The number of nitrogens with zero attached hydrogens (tertiary/aromatic N) is 4. The zero-order valence-corrected chi connectivity index (χ0v) is 15.4. The number of rotatable bonds is 3. The molecule has 0 spiro atoms. The van der Waals surface area contributed by atoms with Crippen LogP contribution < -0.4 is 5.56 Å². The summed E-state index contributed by atoms with van der Waals surface area (Å²) in [6, 6.07) is 14.6. The highest BCUT2D eigenvalue weighted by Gasteiger charge is 2.15. The van der Waals surface area contributed by atoms with E-state index in [2.05, 4.69) is 10.2 Å². The lowest BCUT2D eigenvalue weighted by Crippen LogP contribution is -2.26. The largest absolute Gasteiger partial charge is 0.293 e. The van der Waals surface area contributed by atoms with Gasteiger partial charge in [0.2, 0.25) is 0 Å². The Hall–Kier alpha value is -2.63. The minimum absolute atomic E-state index is 0.210. The van der Waals surface area contributed by atoms with E-state index >= 15 is 0 Å². The molecule has 4 aromatic rings. The lowest BCUT2D eigenvalue weighted by Gasteiger charge is -2.09. The first kappa shape index (κ1) is 16.8. The van der Waals surface area contributed by atoms with Crippen LogP contribution in [0.25, 0.3) is 16.6 Å². The first-order valence-corrected chi connectivity index (χ1v) is 8.74. The topological polar surface area (TPSA) is 52.7 Å². The quantitative estimate of drug-likeness (QED) is 0.530. The molecule has 0 fully saturated rings. The molecular weight excluding hydrogens is 371 g/mol. The average Bonchev–Trinajstić information content (AvgIpc) is 3.07. The molecule has 0 atom stereocenters. The van der Waals surface area contributed by atoms with Crippen molar-refractivity contribution in [3.05, 3.63) is 86.4 Å². The molecule has 2 aromatic heterocycles. The summed E-state index contributed by atoms with van der Waals surface area (Å²) in [7, 11) is 0. The van der Waals surface area contributed by atoms with Gasteiger partial charge in [-0.3, -0.25) is 4.79 Å². The van der Waals surface area contributed by atoms with Gasteiger partial charge >= 0.3 is 0 Å². The van der Waals surface area contributed by atoms with Gasteiger partial charge in [-0.05, 0) is 42.8 Å². The van der Waals surface area contributed by atoms with Crippen LogP contribution in [0.3, 0.4) is 0 Å². The maximum Gasteiger partial charge on any atom is 0.293 e. The van der Waals surface area contributed by atoms with Crippen molar-refractivity contribution in [3.8, 4) is 5.69 Å². The van der Waals surface area contributed by atoms with Gasteiger partial charge in [-0.25, -0.2) is 9.36 Å². The Bertz CT molecular complexity index is 1160. The summed E-state index contributed by atoms with van der Waals surface area (Å²) in [4.78, 5) is 13.1. The average molecular weight is 385 g/mol. The van der Waals surface area contributed by atoms with Crippen LogP contribution in [0, 0.1) is 6.92 Å². The van der Waals surface area contributed by atoms with Gasteiger partial charge in [-0.15, -0.1) is 0 Å². The Balaban J connectivity index is 1.88. The second-order valence-corrected chi connectivity index (χ2v) is 6.85. The summed E-state index contributed by atoms with van der Waals surface area (Å²) in [6.45, 7) is 2.22. The van der Waals surface area contributed by atoms with Crippen molar-refractivity contribution in [2.45, 2.75) is 13.5 Å². The standard InChI is InChI=1S/C19H14Cl2N4O/c1-12-17-10-22-25(16-4-2-3-15(21)9-16)18(17)19(26)24(23-12)11-13-5-7-14(20)8-6-13/h2-10H,11H2,1H3. The van der Waals surface area contributed by atoms with Crippen LogP contribution in [-0.2, 0) is 6.54 Å².